The second-order valence-electron chi connectivity index (χ2n) is 3.11. The first kappa shape index (κ1) is 12.5. The van der Waals surface area contributed by atoms with Crippen molar-refractivity contribution in [2.75, 3.05) is 5.32 Å². The molecule has 1 amide bonds. The van der Waals surface area contributed by atoms with Crippen molar-refractivity contribution in [3.8, 4) is 0 Å². The zero-order chi connectivity index (χ0) is 11.4. The Balaban J connectivity index is 2.81. The highest BCUT2D eigenvalue weighted by Crippen LogP contribution is 2.29. The first-order valence-electron chi connectivity index (χ1n) is 4.56. The molecule has 15 heavy (non-hydrogen) atoms. The van der Waals surface area contributed by atoms with Gasteiger partial charge in [0.05, 0.1) is 21.2 Å². The quantitative estimate of drug-likeness (QED) is 0.900. The number of benzene rings is 1. The van der Waals surface area contributed by atoms with E-state index in [9.17, 15) is 4.79 Å². The van der Waals surface area contributed by atoms with Crippen LogP contribution in [0.5, 0.6) is 0 Å². The van der Waals surface area contributed by atoms with Gasteiger partial charge in [-0.05, 0) is 34.5 Å². The molecule has 0 bridgehead atoms. The average Bonchev–Trinajstić information content (AvgIpc) is 2.23. The van der Waals surface area contributed by atoms with E-state index in [1.54, 1.807) is 18.2 Å². The summed E-state index contributed by atoms with van der Waals surface area (Å²) in [5.41, 5.74) is 6.23. The first-order chi connectivity index (χ1) is 7.06. The highest BCUT2D eigenvalue weighted by Gasteiger charge is 2.13. The molecule has 0 radical (unpaired) electrons. The summed E-state index contributed by atoms with van der Waals surface area (Å²) in [5.74, 6) is -0.208. The van der Waals surface area contributed by atoms with Crippen LogP contribution >= 0.6 is 27.5 Å². The van der Waals surface area contributed by atoms with E-state index in [4.69, 9.17) is 17.3 Å². The topological polar surface area (TPSA) is 55.1 Å². The van der Waals surface area contributed by atoms with Crippen molar-refractivity contribution in [2.24, 2.45) is 5.73 Å². The third kappa shape index (κ3) is 3.19. The van der Waals surface area contributed by atoms with Crippen molar-refractivity contribution in [1.29, 1.82) is 0 Å². The highest BCUT2D eigenvalue weighted by molar-refractivity contribution is 9.10. The van der Waals surface area contributed by atoms with Crippen LogP contribution in [0.1, 0.15) is 13.3 Å². The molecule has 3 nitrogen and oxygen atoms in total. The van der Waals surface area contributed by atoms with Gasteiger partial charge in [-0.1, -0.05) is 24.6 Å². The molecule has 1 aromatic rings. The molecular formula is C10H12BrClN2O. The largest absolute Gasteiger partial charge is 0.324 e. The summed E-state index contributed by atoms with van der Waals surface area (Å²) in [6.07, 6.45) is 0.601. The van der Waals surface area contributed by atoms with Crippen molar-refractivity contribution in [1.82, 2.24) is 0 Å². The van der Waals surface area contributed by atoms with Crippen LogP contribution in [-0.4, -0.2) is 11.9 Å². The van der Waals surface area contributed by atoms with Gasteiger partial charge in [0.25, 0.3) is 0 Å². The third-order valence-electron chi connectivity index (χ3n) is 1.99. The number of rotatable bonds is 3. The normalized spacial score (nSPS) is 12.3. The standard InChI is InChI=1S/C10H12BrClN2O/c1-2-7(13)10(15)14-8-5-3-4-6(12)9(8)11/h3-5,7H,2,13H2,1H3,(H,14,15). The SMILES string of the molecule is CCC(N)C(=O)Nc1cccc(Cl)c1Br. The van der Waals surface area contributed by atoms with Crippen LogP contribution in [-0.2, 0) is 4.79 Å². The Labute approximate surface area is 102 Å². The first-order valence-corrected chi connectivity index (χ1v) is 5.73. The fraction of sp³-hybridized carbons (Fsp3) is 0.300. The monoisotopic (exact) mass is 290 g/mol. The van der Waals surface area contributed by atoms with Gasteiger partial charge in [0.1, 0.15) is 0 Å². The zero-order valence-electron chi connectivity index (χ0n) is 8.26. The number of anilines is 1. The second kappa shape index (κ2) is 5.49. The van der Waals surface area contributed by atoms with Gasteiger partial charge >= 0.3 is 0 Å². The van der Waals surface area contributed by atoms with Crippen molar-refractivity contribution in [2.45, 2.75) is 19.4 Å². The van der Waals surface area contributed by atoms with Gasteiger partial charge in [0, 0.05) is 0 Å². The zero-order valence-corrected chi connectivity index (χ0v) is 10.6. The van der Waals surface area contributed by atoms with Crippen LogP contribution in [0.3, 0.4) is 0 Å². The van der Waals surface area contributed by atoms with Gasteiger partial charge in [-0.25, -0.2) is 0 Å². The Kier molecular flexibility index (Phi) is 4.57. The molecule has 0 spiro atoms. The van der Waals surface area contributed by atoms with Crippen LogP contribution in [0, 0.1) is 0 Å². The molecule has 0 heterocycles. The number of hydrogen-bond acceptors (Lipinski definition) is 2. The average molecular weight is 292 g/mol. The lowest BCUT2D eigenvalue weighted by Gasteiger charge is -2.11. The highest BCUT2D eigenvalue weighted by atomic mass is 79.9. The summed E-state index contributed by atoms with van der Waals surface area (Å²) < 4.78 is 0.670. The molecule has 1 rings (SSSR count). The smallest absolute Gasteiger partial charge is 0.241 e. The van der Waals surface area contributed by atoms with E-state index >= 15 is 0 Å². The Morgan fingerprint density at radius 3 is 2.93 bits per heavy atom. The summed E-state index contributed by atoms with van der Waals surface area (Å²) in [6, 6.07) is 4.77. The molecule has 82 valence electrons. The predicted octanol–water partition coefficient (Wildman–Crippen LogP) is 2.78. The predicted molar refractivity (Wildman–Crippen MR) is 66.0 cm³/mol. The lowest BCUT2D eigenvalue weighted by Crippen LogP contribution is -2.34. The molecule has 0 saturated heterocycles. The van der Waals surface area contributed by atoms with E-state index in [0.29, 0.717) is 21.6 Å². The van der Waals surface area contributed by atoms with Crippen molar-refractivity contribution in [3.63, 3.8) is 0 Å². The molecule has 0 aromatic heterocycles. The van der Waals surface area contributed by atoms with Crippen LogP contribution in [0.2, 0.25) is 5.02 Å². The molecule has 1 aromatic carbocycles. The van der Waals surface area contributed by atoms with Gasteiger partial charge < -0.3 is 11.1 Å². The minimum Gasteiger partial charge on any atom is -0.324 e. The van der Waals surface area contributed by atoms with E-state index < -0.39 is 6.04 Å². The lowest BCUT2D eigenvalue weighted by molar-refractivity contribution is -0.117. The summed E-state index contributed by atoms with van der Waals surface area (Å²) >= 11 is 9.17. The van der Waals surface area contributed by atoms with Gasteiger partial charge in [0.15, 0.2) is 0 Å². The number of nitrogens with two attached hydrogens (primary N) is 1. The van der Waals surface area contributed by atoms with E-state index in [1.165, 1.54) is 0 Å². The molecule has 0 aliphatic rings. The van der Waals surface area contributed by atoms with Gasteiger partial charge in [0.2, 0.25) is 5.91 Å². The van der Waals surface area contributed by atoms with Crippen LogP contribution in [0.15, 0.2) is 22.7 Å². The fourth-order valence-corrected chi connectivity index (χ4v) is 1.55. The van der Waals surface area contributed by atoms with E-state index in [0.717, 1.165) is 0 Å². The summed E-state index contributed by atoms with van der Waals surface area (Å²) in [6.45, 7) is 1.86. The Morgan fingerprint density at radius 1 is 1.67 bits per heavy atom. The maximum atomic E-state index is 11.5. The minimum atomic E-state index is -0.490. The molecule has 1 unspecified atom stereocenters. The van der Waals surface area contributed by atoms with E-state index in [2.05, 4.69) is 21.2 Å². The molecule has 3 N–H and O–H groups in total. The summed E-state index contributed by atoms with van der Waals surface area (Å²) in [5, 5.41) is 3.26. The number of amides is 1. The minimum absolute atomic E-state index is 0.208. The number of carbonyl (C=O) groups is 1. The van der Waals surface area contributed by atoms with Gasteiger partial charge in [-0.15, -0.1) is 0 Å². The molecule has 0 aliphatic carbocycles. The lowest BCUT2D eigenvalue weighted by atomic mass is 10.2. The van der Waals surface area contributed by atoms with Gasteiger partial charge in [-0.3, -0.25) is 4.79 Å². The fourth-order valence-electron chi connectivity index (χ4n) is 1.01. The van der Waals surface area contributed by atoms with Crippen LogP contribution < -0.4 is 11.1 Å². The third-order valence-corrected chi connectivity index (χ3v) is 3.38. The molecule has 5 heteroatoms. The molecule has 0 aliphatic heterocycles. The van der Waals surface area contributed by atoms with Crippen molar-refractivity contribution in [3.05, 3.63) is 27.7 Å². The Hall–Kier alpha value is -0.580. The summed E-state index contributed by atoms with van der Waals surface area (Å²) in [4.78, 5) is 11.5. The van der Waals surface area contributed by atoms with E-state index in [-0.39, 0.29) is 5.91 Å². The Morgan fingerprint density at radius 2 is 2.33 bits per heavy atom. The maximum Gasteiger partial charge on any atom is 0.241 e. The van der Waals surface area contributed by atoms with Crippen molar-refractivity contribution >= 4 is 39.1 Å². The molecule has 1 atom stereocenters. The van der Waals surface area contributed by atoms with Crippen LogP contribution in [0.4, 0.5) is 5.69 Å². The number of hydrogen-bond donors (Lipinski definition) is 2. The van der Waals surface area contributed by atoms with Crippen LogP contribution in [0.25, 0.3) is 0 Å². The summed E-state index contributed by atoms with van der Waals surface area (Å²) in [7, 11) is 0. The molecule has 0 saturated carbocycles. The number of halogens is 2. The maximum absolute atomic E-state index is 11.5. The molecule has 0 fully saturated rings. The number of nitrogens with one attached hydrogen (secondary N) is 1. The Bertz CT molecular complexity index is 370. The van der Waals surface area contributed by atoms with E-state index in [1.807, 2.05) is 6.92 Å². The van der Waals surface area contributed by atoms with Crippen molar-refractivity contribution < 1.29 is 4.79 Å². The molecular weight excluding hydrogens is 279 g/mol. The van der Waals surface area contributed by atoms with Gasteiger partial charge in [-0.2, -0.15) is 0 Å². The second-order valence-corrected chi connectivity index (χ2v) is 4.31. The number of carbonyl (C=O) groups excluding carboxylic acids is 1.